The Morgan fingerprint density at radius 3 is 2.67 bits per heavy atom. The van der Waals surface area contributed by atoms with Crippen LogP contribution in [-0.4, -0.2) is 26.8 Å². The number of allylic oxidation sites excluding steroid dienone is 1. The summed E-state index contributed by atoms with van der Waals surface area (Å²) in [5.74, 6) is 1.82. The Labute approximate surface area is 143 Å². The Morgan fingerprint density at radius 2 is 2.00 bits per heavy atom. The van der Waals surface area contributed by atoms with Crippen molar-refractivity contribution in [3.63, 3.8) is 0 Å². The van der Waals surface area contributed by atoms with E-state index in [0.717, 1.165) is 48.2 Å². The summed E-state index contributed by atoms with van der Waals surface area (Å²) >= 11 is 0. The van der Waals surface area contributed by atoms with E-state index in [-0.39, 0.29) is 0 Å². The fourth-order valence-corrected chi connectivity index (χ4v) is 6.07. The molecule has 1 aromatic heterocycles. The first-order chi connectivity index (χ1) is 11.5. The minimum Gasteiger partial charge on any atom is -0.390 e. The van der Waals surface area contributed by atoms with Gasteiger partial charge in [-0.2, -0.15) is 0 Å². The number of nitrogens with zero attached hydrogens (tertiary/aromatic N) is 1. The highest BCUT2D eigenvalue weighted by Crippen LogP contribution is 2.56. The van der Waals surface area contributed by atoms with Crippen molar-refractivity contribution < 1.29 is 10.2 Å². The second kappa shape index (κ2) is 5.06. The molecular weight excluding hydrogens is 300 g/mol. The fourth-order valence-electron chi connectivity index (χ4n) is 6.07. The third kappa shape index (κ3) is 2.16. The molecule has 4 saturated carbocycles. The maximum absolute atomic E-state index is 10.8. The predicted octanol–water partition coefficient (Wildman–Crippen LogP) is 3.06. The van der Waals surface area contributed by atoms with Crippen molar-refractivity contribution in [1.82, 2.24) is 4.98 Å². The van der Waals surface area contributed by atoms with Gasteiger partial charge in [0.1, 0.15) is 0 Å². The van der Waals surface area contributed by atoms with Crippen LogP contribution in [0.3, 0.4) is 0 Å². The van der Waals surface area contributed by atoms with Crippen molar-refractivity contribution in [3.05, 3.63) is 29.1 Å². The van der Waals surface area contributed by atoms with E-state index in [0.29, 0.717) is 23.8 Å². The number of hydrogen-bond donors (Lipinski definition) is 3. The van der Waals surface area contributed by atoms with E-state index in [1.54, 1.807) is 0 Å². The van der Waals surface area contributed by atoms with Crippen molar-refractivity contribution in [3.8, 4) is 0 Å². The lowest BCUT2D eigenvalue weighted by molar-refractivity contribution is -0.129. The highest BCUT2D eigenvalue weighted by molar-refractivity contribution is 5.75. The highest BCUT2D eigenvalue weighted by Gasteiger charge is 2.54. The van der Waals surface area contributed by atoms with E-state index in [2.05, 4.69) is 22.5 Å². The molecule has 5 aliphatic rings. The molecule has 1 heterocycles. The average molecular weight is 326 g/mol. The molecule has 3 unspecified atom stereocenters. The van der Waals surface area contributed by atoms with Gasteiger partial charge in [0.05, 0.1) is 23.1 Å². The highest BCUT2D eigenvalue weighted by atomic mass is 16.3. The molecule has 128 valence electrons. The quantitative estimate of drug-likeness (QED) is 0.799. The third-order valence-electron chi connectivity index (χ3n) is 6.83. The number of rotatable bonds is 3. The zero-order chi connectivity index (χ0) is 16.5. The number of hydrogen-bond acceptors (Lipinski definition) is 4. The molecule has 0 saturated heterocycles. The standard InChI is InChI=1S/C20H26N2O2/c1-11(23)16-10-21-17-4-2-3-15(17)19(16)22-18-13-5-12-6-14(18)9-20(24,7-12)8-13/h2-3,10-14,18,23-24H,4-9H2,1H3,(H,21,22). The number of anilines is 1. The smallest absolute Gasteiger partial charge is 0.0797 e. The van der Waals surface area contributed by atoms with Gasteiger partial charge in [0.25, 0.3) is 0 Å². The Bertz CT molecular complexity index is 696. The first-order valence-corrected chi connectivity index (χ1v) is 9.38. The molecule has 0 radical (unpaired) electrons. The Morgan fingerprint density at radius 1 is 1.25 bits per heavy atom. The van der Waals surface area contributed by atoms with E-state index in [1.807, 2.05) is 13.1 Å². The Balaban J connectivity index is 1.51. The van der Waals surface area contributed by atoms with E-state index < -0.39 is 11.7 Å². The first kappa shape index (κ1) is 14.9. The summed E-state index contributed by atoms with van der Waals surface area (Å²) in [5.41, 5.74) is 3.83. The van der Waals surface area contributed by atoms with Crippen LogP contribution in [-0.2, 0) is 6.42 Å². The van der Waals surface area contributed by atoms with Crippen LogP contribution in [0, 0.1) is 17.8 Å². The zero-order valence-corrected chi connectivity index (χ0v) is 14.2. The largest absolute Gasteiger partial charge is 0.390 e. The van der Waals surface area contributed by atoms with E-state index in [4.69, 9.17) is 0 Å². The van der Waals surface area contributed by atoms with Crippen LogP contribution in [0.15, 0.2) is 12.3 Å². The Hall–Kier alpha value is -1.39. The average Bonchev–Trinajstić information content (AvgIpc) is 2.97. The first-order valence-electron chi connectivity index (χ1n) is 9.38. The molecule has 4 bridgehead atoms. The zero-order valence-electron chi connectivity index (χ0n) is 14.2. The van der Waals surface area contributed by atoms with Crippen LogP contribution >= 0.6 is 0 Å². The number of fused-ring (bicyclic) bond motifs is 1. The van der Waals surface area contributed by atoms with E-state index >= 15 is 0 Å². The lowest BCUT2D eigenvalue weighted by atomic mass is 9.52. The van der Waals surface area contributed by atoms with Crippen LogP contribution < -0.4 is 5.32 Å². The maximum atomic E-state index is 10.8. The lowest BCUT2D eigenvalue weighted by Crippen LogP contribution is -2.59. The summed E-state index contributed by atoms with van der Waals surface area (Å²) in [6.07, 6.45) is 11.8. The van der Waals surface area contributed by atoms with Gasteiger partial charge in [-0.3, -0.25) is 4.98 Å². The molecule has 1 aromatic rings. The van der Waals surface area contributed by atoms with Crippen LogP contribution in [0.5, 0.6) is 0 Å². The normalized spacial score (nSPS) is 40.0. The van der Waals surface area contributed by atoms with E-state index in [1.165, 1.54) is 12.8 Å². The van der Waals surface area contributed by atoms with Gasteiger partial charge in [-0.25, -0.2) is 0 Å². The molecule has 0 aromatic carbocycles. The molecule has 3 atom stereocenters. The molecule has 3 N–H and O–H groups in total. The molecule has 0 aliphatic heterocycles. The molecule has 4 heteroatoms. The molecular formula is C20H26N2O2. The number of aliphatic hydroxyl groups excluding tert-OH is 1. The van der Waals surface area contributed by atoms with Crippen molar-refractivity contribution in [2.24, 2.45) is 17.8 Å². The van der Waals surface area contributed by atoms with Crippen molar-refractivity contribution in [2.45, 2.75) is 63.2 Å². The van der Waals surface area contributed by atoms with Crippen molar-refractivity contribution >= 4 is 11.8 Å². The van der Waals surface area contributed by atoms with Gasteiger partial charge in [0, 0.05) is 29.8 Å². The van der Waals surface area contributed by atoms with Crippen LogP contribution in [0.25, 0.3) is 6.08 Å². The van der Waals surface area contributed by atoms with Crippen LogP contribution in [0.2, 0.25) is 0 Å². The molecule has 0 spiro atoms. The van der Waals surface area contributed by atoms with Gasteiger partial charge in [0.2, 0.25) is 0 Å². The number of aliphatic hydroxyl groups is 2. The Kier molecular flexibility index (Phi) is 3.14. The molecule has 4 nitrogen and oxygen atoms in total. The van der Waals surface area contributed by atoms with Gasteiger partial charge in [-0.1, -0.05) is 12.2 Å². The summed E-state index contributed by atoms with van der Waals surface area (Å²) in [6, 6.07) is 0.417. The molecule has 6 rings (SSSR count). The number of pyridine rings is 1. The van der Waals surface area contributed by atoms with Gasteiger partial charge in [-0.15, -0.1) is 0 Å². The fraction of sp³-hybridized carbons (Fsp3) is 0.650. The minimum absolute atomic E-state index is 0.401. The third-order valence-corrected chi connectivity index (χ3v) is 6.83. The van der Waals surface area contributed by atoms with Crippen LogP contribution in [0.4, 0.5) is 5.69 Å². The second-order valence-electron chi connectivity index (χ2n) is 8.60. The lowest BCUT2D eigenvalue weighted by Gasteiger charge is -2.58. The maximum Gasteiger partial charge on any atom is 0.0797 e. The summed E-state index contributed by atoms with van der Waals surface area (Å²) < 4.78 is 0. The second-order valence-corrected chi connectivity index (χ2v) is 8.60. The van der Waals surface area contributed by atoms with Gasteiger partial charge < -0.3 is 15.5 Å². The minimum atomic E-state index is -0.527. The summed E-state index contributed by atoms with van der Waals surface area (Å²) in [5, 5.41) is 24.8. The monoisotopic (exact) mass is 326 g/mol. The van der Waals surface area contributed by atoms with Gasteiger partial charge >= 0.3 is 0 Å². The molecule has 24 heavy (non-hydrogen) atoms. The molecule has 0 amide bonds. The SMILES string of the molecule is CC(O)c1cnc2c(c1NC1C3CC4CC1CC(O)(C4)C3)C=CC2. The number of aromatic nitrogens is 1. The van der Waals surface area contributed by atoms with Crippen molar-refractivity contribution in [2.75, 3.05) is 5.32 Å². The molecule has 5 aliphatic carbocycles. The van der Waals surface area contributed by atoms with Gasteiger partial charge in [-0.05, 0) is 56.8 Å². The van der Waals surface area contributed by atoms with Gasteiger partial charge in [0.15, 0.2) is 0 Å². The summed E-state index contributed by atoms with van der Waals surface area (Å²) in [4.78, 5) is 4.53. The summed E-state index contributed by atoms with van der Waals surface area (Å²) in [7, 11) is 0. The van der Waals surface area contributed by atoms with Crippen molar-refractivity contribution in [1.29, 1.82) is 0 Å². The predicted molar refractivity (Wildman–Crippen MR) is 93.5 cm³/mol. The summed E-state index contributed by atoms with van der Waals surface area (Å²) in [6.45, 7) is 1.81. The topological polar surface area (TPSA) is 65.4 Å². The van der Waals surface area contributed by atoms with E-state index in [9.17, 15) is 10.2 Å². The molecule has 4 fully saturated rings. The van der Waals surface area contributed by atoms with Crippen LogP contribution in [0.1, 0.15) is 62.0 Å². The number of nitrogens with one attached hydrogen (secondary N) is 1.